The summed E-state index contributed by atoms with van der Waals surface area (Å²) < 4.78 is 0. The maximum atomic E-state index is 12.9. The molecule has 3 aliphatic rings. The van der Waals surface area contributed by atoms with Crippen molar-refractivity contribution in [3.8, 4) is 0 Å². The van der Waals surface area contributed by atoms with Gasteiger partial charge in [-0.05, 0) is 43.2 Å². The third-order valence-electron chi connectivity index (χ3n) is 6.48. The zero-order valence-electron chi connectivity index (χ0n) is 15.6. The summed E-state index contributed by atoms with van der Waals surface area (Å²) in [5, 5.41) is 3.27. The fourth-order valence-electron chi connectivity index (χ4n) is 4.99. The van der Waals surface area contributed by atoms with Gasteiger partial charge in [-0.1, -0.05) is 49.9 Å². The Morgan fingerprint density at radius 3 is 2.27 bits per heavy atom. The van der Waals surface area contributed by atoms with Crippen molar-refractivity contribution in [1.29, 1.82) is 0 Å². The van der Waals surface area contributed by atoms with E-state index < -0.39 is 0 Å². The van der Waals surface area contributed by atoms with Crippen molar-refractivity contribution in [2.45, 2.75) is 76.3 Å². The molecule has 0 bridgehead atoms. The molecular formula is C22H30N2O2. The Morgan fingerprint density at radius 2 is 1.62 bits per heavy atom. The molecule has 0 aromatic heterocycles. The van der Waals surface area contributed by atoms with Crippen LogP contribution in [0, 0.1) is 5.92 Å². The lowest BCUT2D eigenvalue weighted by Crippen LogP contribution is -2.51. The van der Waals surface area contributed by atoms with Gasteiger partial charge in [-0.25, -0.2) is 0 Å². The van der Waals surface area contributed by atoms with Gasteiger partial charge in [0.25, 0.3) is 0 Å². The third-order valence-corrected chi connectivity index (χ3v) is 6.48. The van der Waals surface area contributed by atoms with Gasteiger partial charge in [0.05, 0.1) is 5.92 Å². The molecule has 1 saturated carbocycles. The quantitative estimate of drug-likeness (QED) is 0.847. The van der Waals surface area contributed by atoms with E-state index in [0.717, 1.165) is 25.7 Å². The van der Waals surface area contributed by atoms with E-state index in [1.54, 1.807) is 0 Å². The predicted molar refractivity (Wildman–Crippen MR) is 102 cm³/mol. The number of carbonyl (C=O) groups excluding carboxylic acids is 2. The smallest absolute Gasteiger partial charge is 0.225 e. The summed E-state index contributed by atoms with van der Waals surface area (Å²) in [6.45, 7) is 0.620. The Balaban J connectivity index is 1.35. The van der Waals surface area contributed by atoms with E-state index in [9.17, 15) is 9.59 Å². The molecule has 0 spiro atoms. The van der Waals surface area contributed by atoms with Crippen molar-refractivity contribution in [2.24, 2.45) is 5.92 Å². The fourth-order valence-corrected chi connectivity index (χ4v) is 4.99. The first-order chi connectivity index (χ1) is 12.7. The Labute approximate surface area is 156 Å². The summed E-state index contributed by atoms with van der Waals surface area (Å²) in [5.74, 6) is 0.364. The lowest BCUT2D eigenvalue weighted by atomic mass is 9.93. The highest BCUT2D eigenvalue weighted by atomic mass is 16.2. The van der Waals surface area contributed by atoms with Crippen LogP contribution in [-0.2, 0) is 22.4 Å². The number of rotatable bonds is 3. The van der Waals surface area contributed by atoms with Gasteiger partial charge in [-0.3, -0.25) is 9.59 Å². The number of carbonyl (C=O) groups is 2. The average Bonchev–Trinajstić information content (AvgIpc) is 2.86. The van der Waals surface area contributed by atoms with E-state index in [1.807, 2.05) is 4.90 Å². The maximum absolute atomic E-state index is 12.9. The molecule has 26 heavy (non-hydrogen) atoms. The Morgan fingerprint density at radius 1 is 0.962 bits per heavy atom. The third kappa shape index (κ3) is 3.79. The number of fused-ring (bicyclic) bond motifs is 1. The minimum Gasteiger partial charge on any atom is -0.352 e. The minimum atomic E-state index is -0.0420. The van der Waals surface area contributed by atoms with E-state index in [-0.39, 0.29) is 23.8 Å². The van der Waals surface area contributed by atoms with Crippen LogP contribution >= 0.6 is 0 Å². The zero-order valence-corrected chi connectivity index (χ0v) is 15.6. The molecule has 1 N–H and O–H groups in total. The normalized spacial score (nSPS) is 25.0. The Hall–Kier alpha value is -1.84. The zero-order chi connectivity index (χ0) is 17.9. The summed E-state index contributed by atoms with van der Waals surface area (Å²) in [7, 11) is 0. The lowest BCUT2D eigenvalue weighted by molar-refractivity contribution is -0.141. The van der Waals surface area contributed by atoms with Gasteiger partial charge < -0.3 is 10.2 Å². The Bertz CT molecular complexity index is 639. The second kappa shape index (κ2) is 7.81. The second-order valence-electron chi connectivity index (χ2n) is 8.31. The monoisotopic (exact) mass is 354 g/mol. The molecule has 0 radical (unpaired) electrons. The van der Waals surface area contributed by atoms with Gasteiger partial charge in [-0.2, -0.15) is 0 Å². The maximum Gasteiger partial charge on any atom is 0.225 e. The molecule has 140 valence electrons. The average molecular weight is 354 g/mol. The van der Waals surface area contributed by atoms with E-state index in [1.165, 1.54) is 36.8 Å². The van der Waals surface area contributed by atoms with Crippen molar-refractivity contribution < 1.29 is 9.59 Å². The number of hydrogen-bond acceptors (Lipinski definition) is 2. The van der Waals surface area contributed by atoms with Gasteiger partial charge in [0, 0.05) is 25.0 Å². The van der Waals surface area contributed by atoms with Crippen LogP contribution in [0.4, 0.5) is 0 Å². The minimum absolute atomic E-state index is 0.0420. The van der Waals surface area contributed by atoms with E-state index in [2.05, 4.69) is 29.6 Å². The van der Waals surface area contributed by atoms with Crippen LogP contribution in [0.1, 0.15) is 62.5 Å². The number of nitrogens with zero attached hydrogens (tertiary/aromatic N) is 1. The summed E-state index contributed by atoms with van der Waals surface area (Å²) in [6, 6.07) is 9.03. The van der Waals surface area contributed by atoms with Crippen molar-refractivity contribution in [3.05, 3.63) is 35.4 Å². The highest BCUT2D eigenvalue weighted by Gasteiger charge is 2.35. The van der Waals surface area contributed by atoms with Crippen molar-refractivity contribution in [3.63, 3.8) is 0 Å². The number of likely N-dealkylation sites (tertiary alicyclic amines) is 1. The summed E-state index contributed by atoms with van der Waals surface area (Å²) >= 11 is 0. The molecule has 4 heteroatoms. The van der Waals surface area contributed by atoms with Crippen molar-refractivity contribution in [1.82, 2.24) is 10.2 Å². The first kappa shape index (κ1) is 17.6. The number of benzene rings is 1. The van der Waals surface area contributed by atoms with Crippen LogP contribution in [-0.4, -0.2) is 35.3 Å². The van der Waals surface area contributed by atoms with E-state index >= 15 is 0 Å². The standard InChI is InChI=1S/C22H30N2O2/c25-21-12-11-18(15-24(21)20-9-3-1-2-4-10-20)22(26)23-19-13-16-7-5-6-8-17(16)14-19/h5-8,18-20H,1-4,9-15H2,(H,23,26)/t18-/m1/s1. The molecule has 4 rings (SSSR count). The first-order valence-electron chi connectivity index (χ1n) is 10.4. The fraction of sp³-hybridized carbons (Fsp3) is 0.636. The molecule has 2 aliphatic carbocycles. The van der Waals surface area contributed by atoms with Gasteiger partial charge in [0.1, 0.15) is 0 Å². The molecule has 2 fully saturated rings. The Kier molecular flexibility index (Phi) is 5.28. The van der Waals surface area contributed by atoms with Crippen LogP contribution in [0.25, 0.3) is 0 Å². The van der Waals surface area contributed by atoms with Gasteiger partial charge in [0.2, 0.25) is 11.8 Å². The summed E-state index contributed by atoms with van der Waals surface area (Å²) in [5.41, 5.74) is 2.72. The predicted octanol–water partition coefficient (Wildman–Crippen LogP) is 3.23. The first-order valence-corrected chi connectivity index (χ1v) is 10.4. The molecule has 1 heterocycles. The number of hydrogen-bond donors (Lipinski definition) is 1. The van der Waals surface area contributed by atoms with Gasteiger partial charge in [0.15, 0.2) is 0 Å². The largest absolute Gasteiger partial charge is 0.352 e. The summed E-state index contributed by atoms with van der Waals surface area (Å²) in [4.78, 5) is 27.4. The van der Waals surface area contributed by atoms with Crippen LogP contribution < -0.4 is 5.32 Å². The van der Waals surface area contributed by atoms with Gasteiger partial charge in [-0.15, -0.1) is 0 Å². The number of nitrogens with one attached hydrogen (secondary N) is 1. The highest BCUT2D eigenvalue weighted by Crippen LogP contribution is 2.28. The molecule has 1 aromatic carbocycles. The van der Waals surface area contributed by atoms with Gasteiger partial charge >= 0.3 is 0 Å². The van der Waals surface area contributed by atoms with Crippen LogP contribution in [0.15, 0.2) is 24.3 Å². The molecule has 1 aromatic rings. The summed E-state index contributed by atoms with van der Waals surface area (Å²) in [6.07, 6.45) is 10.3. The second-order valence-corrected chi connectivity index (χ2v) is 8.31. The molecule has 0 unspecified atom stereocenters. The van der Waals surface area contributed by atoms with Crippen LogP contribution in [0.5, 0.6) is 0 Å². The number of piperidine rings is 1. The molecule has 1 atom stereocenters. The highest BCUT2D eigenvalue weighted by molar-refractivity contribution is 5.84. The number of amides is 2. The molecule has 4 nitrogen and oxygen atoms in total. The molecule has 2 amide bonds. The molecule has 1 saturated heterocycles. The van der Waals surface area contributed by atoms with E-state index in [0.29, 0.717) is 25.4 Å². The molecule has 1 aliphatic heterocycles. The van der Waals surface area contributed by atoms with Crippen LogP contribution in [0.2, 0.25) is 0 Å². The SMILES string of the molecule is O=C(NC1Cc2ccccc2C1)[C@@H]1CCC(=O)N(C2CCCCCC2)C1. The van der Waals surface area contributed by atoms with Crippen LogP contribution in [0.3, 0.4) is 0 Å². The van der Waals surface area contributed by atoms with E-state index in [4.69, 9.17) is 0 Å². The topological polar surface area (TPSA) is 49.4 Å². The van der Waals surface area contributed by atoms with Crippen molar-refractivity contribution >= 4 is 11.8 Å². The lowest BCUT2D eigenvalue weighted by Gasteiger charge is -2.38. The van der Waals surface area contributed by atoms with Crippen molar-refractivity contribution in [2.75, 3.05) is 6.54 Å². The molecular weight excluding hydrogens is 324 g/mol.